The molecule has 0 atom stereocenters. The second-order valence-corrected chi connectivity index (χ2v) is 4.68. The molecule has 0 aliphatic carbocycles. The Morgan fingerprint density at radius 1 is 1.31 bits per heavy atom. The minimum atomic E-state index is -3.81. The summed E-state index contributed by atoms with van der Waals surface area (Å²) in [5.41, 5.74) is 0.941. The van der Waals surface area contributed by atoms with Crippen molar-refractivity contribution in [3.63, 3.8) is 0 Å². The predicted molar refractivity (Wildman–Crippen MR) is 58.9 cm³/mol. The Kier molecular flexibility index (Phi) is 3.78. The van der Waals surface area contributed by atoms with Crippen LogP contribution in [0.25, 0.3) is 0 Å². The molecule has 86 valence electrons. The maximum atomic E-state index is 11.6. The van der Waals surface area contributed by atoms with E-state index < -0.39 is 16.0 Å². The van der Waals surface area contributed by atoms with Crippen LogP contribution in [0.3, 0.4) is 0 Å². The first-order valence-corrected chi connectivity index (χ1v) is 5.84. The fourth-order valence-electron chi connectivity index (χ4n) is 0.936. The van der Waals surface area contributed by atoms with Crippen LogP contribution in [0.1, 0.15) is 5.56 Å². The zero-order valence-corrected chi connectivity index (χ0v) is 9.69. The highest BCUT2D eigenvalue weighted by molar-refractivity contribution is 7.90. The highest BCUT2D eigenvalue weighted by Crippen LogP contribution is 2.12. The SMILES string of the molecule is COC(=O)/C=N/S(=O)(=O)c1ccc(C)cc1. The highest BCUT2D eigenvalue weighted by atomic mass is 32.2. The van der Waals surface area contributed by atoms with Crippen LogP contribution in [0.4, 0.5) is 0 Å². The number of methoxy groups -OCH3 is 1. The van der Waals surface area contributed by atoms with Gasteiger partial charge in [-0.05, 0) is 19.1 Å². The van der Waals surface area contributed by atoms with Gasteiger partial charge in [0.05, 0.1) is 12.0 Å². The Morgan fingerprint density at radius 3 is 2.38 bits per heavy atom. The molecule has 0 heterocycles. The number of rotatable bonds is 3. The standard InChI is InChI=1S/C10H11NO4S/c1-8-3-5-9(6-4-8)16(13,14)11-7-10(12)15-2/h3-7H,1-2H3/b11-7+. The third kappa shape index (κ3) is 3.16. The van der Waals surface area contributed by atoms with Crippen molar-refractivity contribution in [1.29, 1.82) is 0 Å². The zero-order chi connectivity index (χ0) is 12.2. The maximum Gasteiger partial charge on any atom is 0.350 e. The molecule has 16 heavy (non-hydrogen) atoms. The summed E-state index contributed by atoms with van der Waals surface area (Å²) in [5, 5.41) is 0. The van der Waals surface area contributed by atoms with Crippen LogP contribution < -0.4 is 0 Å². The van der Waals surface area contributed by atoms with E-state index in [-0.39, 0.29) is 4.90 Å². The van der Waals surface area contributed by atoms with Crippen LogP contribution in [0, 0.1) is 6.92 Å². The van der Waals surface area contributed by atoms with Crippen LogP contribution in [-0.2, 0) is 19.6 Å². The number of carbonyl (C=O) groups excluding carboxylic acids is 1. The van der Waals surface area contributed by atoms with Crippen molar-refractivity contribution in [2.45, 2.75) is 11.8 Å². The van der Waals surface area contributed by atoms with Gasteiger partial charge in [-0.3, -0.25) is 0 Å². The van der Waals surface area contributed by atoms with Crippen LogP contribution in [0.2, 0.25) is 0 Å². The van der Waals surface area contributed by atoms with Crippen molar-refractivity contribution >= 4 is 22.2 Å². The van der Waals surface area contributed by atoms with Gasteiger partial charge in [-0.25, -0.2) is 4.79 Å². The first-order chi connectivity index (χ1) is 7.45. The number of nitrogens with zero attached hydrogens (tertiary/aromatic N) is 1. The number of aryl methyl sites for hydroxylation is 1. The predicted octanol–water partition coefficient (Wildman–Crippen LogP) is 0.928. The van der Waals surface area contributed by atoms with Gasteiger partial charge in [-0.15, -0.1) is 0 Å². The lowest BCUT2D eigenvalue weighted by Gasteiger charge is -1.98. The van der Waals surface area contributed by atoms with E-state index in [1.165, 1.54) is 12.1 Å². The molecule has 0 aliphatic rings. The van der Waals surface area contributed by atoms with Gasteiger partial charge in [0.15, 0.2) is 0 Å². The lowest BCUT2D eigenvalue weighted by molar-refractivity contribution is -0.132. The number of benzene rings is 1. The minimum Gasteiger partial charge on any atom is -0.465 e. The molecule has 1 rings (SSSR count). The fourth-order valence-corrected chi connectivity index (χ4v) is 1.76. The number of ether oxygens (including phenoxy) is 1. The number of hydrogen-bond acceptors (Lipinski definition) is 4. The van der Waals surface area contributed by atoms with Gasteiger partial charge in [0.2, 0.25) is 0 Å². The summed E-state index contributed by atoms with van der Waals surface area (Å²) in [4.78, 5) is 10.7. The molecule has 0 N–H and O–H groups in total. The molecule has 1 aromatic carbocycles. The van der Waals surface area contributed by atoms with Gasteiger partial charge in [0.25, 0.3) is 10.0 Å². The largest absolute Gasteiger partial charge is 0.465 e. The highest BCUT2D eigenvalue weighted by Gasteiger charge is 2.11. The molecule has 0 unspecified atom stereocenters. The van der Waals surface area contributed by atoms with Crippen molar-refractivity contribution in [2.75, 3.05) is 7.11 Å². The lowest BCUT2D eigenvalue weighted by atomic mass is 10.2. The third-order valence-corrected chi connectivity index (χ3v) is 3.07. The topological polar surface area (TPSA) is 72.8 Å². The molecule has 0 spiro atoms. The van der Waals surface area contributed by atoms with Gasteiger partial charge >= 0.3 is 5.97 Å². The van der Waals surface area contributed by atoms with Crippen molar-refractivity contribution in [3.05, 3.63) is 29.8 Å². The summed E-state index contributed by atoms with van der Waals surface area (Å²) in [6.07, 6.45) is 0.634. The van der Waals surface area contributed by atoms with Crippen LogP contribution in [0.5, 0.6) is 0 Å². The van der Waals surface area contributed by atoms with Gasteiger partial charge in [0, 0.05) is 0 Å². The summed E-state index contributed by atoms with van der Waals surface area (Å²) in [6, 6.07) is 6.17. The Balaban J connectivity index is 2.99. The average molecular weight is 241 g/mol. The minimum absolute atomic E-state index is 0.0400. The van der Waals surface area contributed by atoms with Gasteiger partial charge in [0.1, 0.15) is 6.21 Å². The van der Waals surface area contributed by atoms with E-state index in [9.17, 15) is 13.2 Å². The summed E-state index contributed by atoms with van der Waals surface area (Å²) in [5.74, 6) is -0.810. The molecule has 0 amide bonds. The Bertz CT molecular complexity index is 502. The summed E-state index contributed by atoms with van der Waals surface area (Å²) in [6.45, 7) is 1.84. The molecule has 6 heteroatoms. The molecular formula is C10H11NO4S. The smallest absolute Gasteiger partial charge is 0.350 e. The molecule has 0 radical (unpaired) electrons. The van der Waals surface area contributed by atoms with Crippen molar-refractivity contribution in [2.24, 2.45) is 4.40 Å². The van der Waals surface area contributed by atoms with E-state index in [1.807, 2.05) is 6.92 Å². The first-order valence-electron chi connectivity index (χ1n) is 4.40. The zero-order valence-electron chi connectivity index (χ0n) is 8.88. The van der Waals surface area contributed by atoms with Gasteiger partial charge in [-0.1, -0.05) is 17.7 Å². The number of esters is 1. The average Bonchev–Trinajstić information content (AvgIpc) is 2.26. The molecule has 5 nitrogen and oxygen atoms in total. The first kappa shape index (κ1) is 12.4. The molecule has 0 saturated carbocycles. The van der Waals surface area contributed by atoms with E-state index in [1.54, 1.807) is 12.1 Å². The third-order valence-electron chi connectivity index (χ3n) is 1.82. The second kappa shape index (κ2) is 4.89. The van der Waals surface area contributed by atoms with E-state index in [0.717, 1.165) is 12.7 Å². The van der Waals surface area contributed by atoms with Gasteiger partial charge < -0.3 is 4.74 Å². The summed E-state index contributed by atoms with van der Waals surface area (Å²) >= 11 is 0. The molecule has 0 bridgehead atoms. The number of carbonyl (C=O) groups is 1. The monoisotopic (exact) mass is 241 g/mol. The van der Waals surface area contributed by atoms with Crippen LogP contribution >= 0.6 is 0 Å². The Hall–Kier alpha value is -1.69. The Morgan fingerprint density at radius 2 is 1.88 bits per heavy atom. The van der Waals surface area contributed by atoms with Crippen LogP contribution in [-0.4, -0.2) is 27.7 Å². The molecule has 1 aromatic rings. The van der Waals surface area contributed by atoms with E-state index >= 15 is 0 Å². The maximum absolute atomic E-state index is 11.6. The lowest BCUT2D eigenvalue weighted by Crippen LogP contribution is -2.05. The van der Waals surface area contributed by atoms with E-state index in [2.05, 4.69) is 9.13 Å². The van der Waals surface area contributed by atoms with E-state index in [4.69, 9.17) is 0 Å². The molecule has 0 aliphatic heterocycles. The molecule has 0 aromatic heterocycles. The van der Waals surface area contributed by atoms with Crippen LogP contribution in [0.15, 0.2) is 33.6 Å². The molecular weight excluding hydrogens is 230 g/mol. The summed E-state index contributed by atoms with van der Waals surface area (Å²) in [7, 11) is -2.67. The fraction of sp³-hybridized carbons (Fsp3) is 0.200. The van der Waals surface area contributed by atoms with Gasteiger partial charge in [-0.2, -0.15) is 12.8 Å². The second-order valence-electron chi connectivity index (χ2n) is 3.05. The molecule has 0 fully saturated rings. The number of hydrogen-bond donors (Lipinski definition) is 0. The Labute approximate surface area is 93.8 Å². The quantitative estimate of drug-likeness (QED) is 0.583. The number of sulfonamides is 1. The van der Waals surface area contributed by atoms with Crippen molar-refractivity contribution < 1.29 is 17.9 Å². The summed E-state index contributed by atoms with van der Waals surface area (Å²) < 4.78 is 30.6. The van der Waals surface area contributed by atoms with Crippen molar-refractivity contribution in [3.8, 4) is 0 Å². The van der Waals surface area contributed by atoms with E-state index in [0.29, 0.717) is 6.21 Å². The van der Waals surface area contributed by atoms with Crippen molar-refractivity contribution in [1.82, 2.24) is 0 Å². The molecule has 0 saturated heterocycles. The normalized spacial score (nSPS) is 11.6.